The van der Waals surface area contributed by atoms with Crippen molar-refractivity contribution in [3.63, 3.8) is 0 Å². The van der Waals surface area contributed by atoms with E-state index in [1.165, 1.54) is 6.42 Å². The van der Waals surface area contributed by atoms with Gasteiger partial charge in [-0.05, 0) is 25.7 Å². The molecule has 4 nitrogen and oxygen atoms in total. The molecule has 0 atom stereocenters. The van der Waals surface area contributed by atoms with E-state index in [0.29, 0.717) is 0 Å². The summed E-state index contributed by atoms with van der Waals surface area (Å²) in [6, 6.07) is 0. The summed E-state index contributed by atoms with van der Waals surface area (Å²) in [5.74, 6) is -0.721. The number of carbonyl (C=O) groups excluding carboxylic acids is 1. The third-order valence-electron chi connectivity index (χ3n) is 5.18. The number of carboxylic acids is 1. The Hall–Kier alpha value is -1.06. The van der Waals surface area contributed by atoms with Crippen molar-refractivity contribution in [2.24, 2.45) is 5.41 Å². The van der Waals surface area contributed by atoms with Crippen molar-refractivity contribution >= 4 is 11.9 Å². The second-order valence-corrected chi connectivity index (χ2v) is 6.99. The average Bonchev–Trinajstić information content (AvgIpc) is 2.39. The Morgan fingerprint density at radius 1 is 0.950 bits per heavy atom. The van der Waals surface area contributed by atoms with Crippen molar-refractivity contribution in [1.82, 2.24) is 5.32 Å². The molecule has 0 bridgehead atoms. The van der Waals surface area contributed by atoms with Crippen molar-refractivity contribution in [2.75, 3.05) is 0 Å². The van der Waals surface area contributed by atoms with Gasteiger partial charge < -0.3 is 10.4 Å². The fraction of sp³-hybridized carbons (Fsp3) is 0.875. The molecule has 0 saturated heterocycles. The fourth-order valence-corrected chi connectivity index (χ4v) is 3.81. The molecule has 0 spiro atoms. The number of aliphatic carboxylic acids is 1. The van der Waals surface area contributed by atoms with Gasteiger partial charge in [0.15, 0.2) is 0 Å². The molecule has 1 amide bonds. The first-order valence-corrected chi connectivity index (χ1v) is 8.00. The molecule has 2 rings (SSSR count). The predicted octanol–water partition coefficient (Wildman–Crippen LogP) is 3.25. The monoisotopic (exact) mass is 281 g/mol. The van der Waals surface area contributed by atoms with Crippen molar-refractivity contribution in [3.8, 4) is 0 Å². The van der Waals surface area contributed by atoms with Gasteiger partial charge in [0.05, 0.1) is 12.0 Å². The molecule has 0 aromatic carbocycles. The highest BCUT2D eigenvalue weighted by Gasteiger charge is 2.41. The third-order valence-corrected chi connectivity index (χ3v) is 5.18. The van der Waals surface area contributed by atoms with Crippen LogP contribution in [-0.2, 0) is 9.59 Å². The smallest absolute Gasteiger partial charge is 0.305 e. The third kappa shape index (κ3) is 3.53. The second-order valence-electron chi connectivity index (χ2n) is 6.99. The van der Waals surface area contributed by atoms with Gasteiger partial charge in [-0.1, -0.05) is 45.4 Å². The summed E-state index contributed by atoms with van der Waals surface area (Å²) < 4.78 is 0. The van der Waals surface area contributed by atoms with E-state index >= 15 is 0 Å². The highest BCUT2D eigenvalue weighted by Crippen LogP contribution is 2.38. The Balaban J connectivity index is 2.06. The van der Waals surface area contributed by atoms with Gasteiger partial charge >= 0.3 is 5.97 Å². The van der Waals surface area contributed by atoms with E-state index in [-0.39, 0.29) is 17.7 Å². The summed E-state index contributed by atoms with van der Waals surface area (Å²) in [5.41, 5.74) is -0.789. The zero-order valence-electron chi connectivity index (χ0n) is 12.5. The van der Waals surface area contributed by atoms with Gasteiger partial charge in [0, 0.05) is 5.41 Å². The van der Waals surface area contributed by atoms with Crippen LogP contribution < -0.4 is 5.32 Å². The molecular weight excluding hydrogens is 254 g/mol. The minimum absolute atomic E-state index is 0.0643. The highest BCUT2D eigenvalue weighted by atomic mass is 16.4. The number of carbonyl (C=O) groups is 2. The van der Waals surface area contributed by atoms with Crippen molar-refractivity contribution in [1.29, 1.82) is 0 Å². The van der Waals surface area contributed by atoms with Crippen LogP contribution in [0.3, 0.4) is 0 Å². The van der Waals surface area contributed by atoms with Gasteiger partial charge in [-0.3, -0.25) is 9.59 Å². The lowest BCUT2D eigenvalue weighted by atomic mass is 9.73. The predicted molar refractivity (Wildman–Crippen MR) is 77.4 cm³/mol. The Bertz CT molecular complexity index is 366. The maximum atomic E-state index is 12.7. The fourth-order valence-electron chi connectivity index (χ4n) is 3.81. The first kappa shape index (κ1) is 15.3. The van der Waals surface area contributed by atoms with Gasteiger partial charge in [-0.2, -0.15) is 0 Å². The number of rotatable bonds is 4. The minimum atomic E-state index is -0.805. The molecule has 0 aromatic heterocycles. The standard InChI is InChI=1S/C16H27NO3/c1-15(8-4-2-5-9-15)14(20)17-16(12-13(18)19)10-6-3-7-11-16/h2-12H2,1H3,(H,17,20)(H,18,19). The summed E-state index contributed by atoms with van der Waals surface area (Å²) in [4.78, 5) is 23.8. The van der Waals surface area contributed by atoms with E-state index in [1.54, 1.807) is 0 Å². The lowest BCUT2D eigenvalue weighted by Crippen LogP contribution is -2.55. The zero-order valence-corrected chi connectivity index (χ0v) is 12.5. The van der Waals surface area contributed by atoms with E-state index in [4.69, 9.17) is 5.11 Å². The maximum absolute atomic E-state index is 12.7. The molecule has 2 N–H and O–H groups in total. The Morgan fingerprint density at radius 3 is 1.95 bits per heavy atom. The molecule has 114 valence electrons. The van der Waals surface area contributed by atoms with E-state index in [9.17, 15) is 9.59 Å². The van der Waals surface area contributed by atoms with E-state index in [2.05, 4.69) is 5.32 Å². The summed E-state index contributed by atoms with van der Waals surface area (Å²) in [6.45, 7) is 2.04. The molecule has 4 heteroatoms. The highest BCUT2D eigenvalue weighted by molar-refractivity contribution is 5.83. The summed E-state index contributed by atoms with van der Waals surface area (Å²) in [6.07, 6.45) is 10.2. The zero-order chi connectivity index (χ0) is 14.6. The number of hydrogen-bond acceptors (Lipinski definition) is 2. The maximum Gasteiger partial charge on any atom is 0.305 e. The molecule has 2 aliphatic carbocycles. The molecule has 20 heavy (non-hydrogen) atoms. The summed E-state index contributed by atoms with van der Waals surface area (Å²) in [5, 5.41) is 12.3. The number of hydrogen-bond donors (Lipinski definition) is 2. The summed E-state index contributed by atoms with van der Waals surface area (Å²) >= 11 is 0. The molecule has 0 aliphatic heterocycles. The van der Waals surface area contributed by atoms with E-state index in [0.717, 1.165) is 57.8 Å². The quantitative estimate of drug-likeness (QED) is 0.831. The molecular formula is C16H27NO3. The van der Waals surface area contributed by atoms with Gasteiger partial charge in [-0.15, -0.1) is 0 Å². The SMILES string of the molecule is CC1(C(=O)NC2(CC(=O)O)CCCCC2)CCCCC1. The number of nitrogens with one attached hydrogen (secondary N) is 1. The molecule has 0 aromatic rings. The van der Waals surface area contributed by atoms with Gasteiger partial charge in [-0.25, -0.2) is 0 Å². The molecule has 0 radical (unpaired) electrons. The van der Waals surface area contributed by atoms with Gasteiger partial charge in [0.25, 0.3) is 0 Å². The van der Waals surface area contributed by atoms with Crippen LogP contribution in [0.2, 0.25) is 0 Å². The van der Waals surface area contributed by atoms with Crippen LogP contribution in [0.5, 0.6) is 0 Å². The topological polar surface area (TPSA) is 66.4 Å². The Morgan fingerprint density at radius 2 is 1.45 bits per heavy atom. The molecule has 2 aliphatic rings. The van der Waals surface area contributed by atoms with Crippen molar-refractivity contribution < 1.29 is 14.7 Å². The molecule has 0 unspecified atom stereocenters. The largest absolute Gasteiger partial charge is 0.481 e. The molecule has 2 saturated carbocycles. The number of carboxylic acid groups (broad SMARTS) is 1. The van der Waals surface area contributed by atoms with Crippen LogP contribution in [0.25, 0.3) is 0 Å². The van der Waals surface area contributed by atoms with Crippen LogP contribution in [0, 0.1) is 5.41 Å². The van der Waals surface area contributed by atoms with Crippen LogP contribution in [0.1, 0.15) is 77.6 Å². The second kappa shape index (κ2) is 6.15. The number of amides is 1. The Labute approximate surface area is 121 Å². The Kier molecular flexibility index (Phi) is 4.71. The van der Waals surface area contributed by atoms with E-state index in [1.807, 2.05) is 6.92 Å². The van der Waals surface area contributed by atoms with Gasteiger partial charge in [0.1, 0.15) is 0 Å². The minimum Gasteiger partial charge on any atom is -0.481 e. The van der Waals surface area contributed by atoms with Crippen molar-refractivity contribution in [2.45, 2.75) is 83.1 Å². The molecule has 2 fully saturated rings. The lowest BCUT2D eigenvalue weighted by molar-refractivity contribution is -0.141. The van der Waals surface area contributed by atoms with Crippen LogP contribution >= 0.6 is 0 Å². The first-order valence-electron chi connectivity index (χ1n) is 8.00. The average molecular weight is 281 g/mol. The summed E-state index contributed by atoms with van der Waals surface area (Å²) in [7, 11) is 0. The normalized spacial score (nSPS) is 24.9. The van der Waals surface area contributed by atoms with Crippen molar-refractivity contribution in [3.05, 3.63) is 0 Å². The van der Waals surface area contributed by atoms with Crippen LogP contribution in [0.15, 0.2) is 0 Å². The molecule has 0 heterocycles. The van der Waals surface area contributed by atoms with Gasteiger partial charge in [0.2, 0.25) is 5.91 Å². The lowest BCUT2D eigenvalue weighted by Gasteiger charge is -2.41. The van der Waals surface area contributed by atoms with Crippen LogP contribution in [0.4, 0.5) is 0 Å². The first-order chi connectivity index (χ1) is 9.46. The van der Waals surface area contributed by atoms with E-state index < -0.39 is 11.5 Å². The van der Waals surface area contributed by atoms with Crippen LogP contribution in [-0.4, -0.2) is 22.5 Å².